The molecular weight excluding hydrogens is 266 g/mol. The SMILES string of the molecule is C=CCN(CCC)c1ccc(CO)cc1Br. The van der Waals surface area contributed by atoms with E-state index >= 15 is 0 Å². The van der Waals surface area contributed by atoms with E-state index in [1.54, 1.807) is 0 Å². The molecule has 0 aromatic heterocycles. The third kappa shape index (κ3) is 3.35. The zero-order chi connectivity index (χ0) is 12.0. The van der Waals surface area contributed by atoms with Crippen molar-refractivity contribution in [2.45, 2.75) is 20.0 Å². The first-order valence-electron chi connectivity index (χ1n) is 5.48. The zero-order valence-electron chi connectivity index (χ0n) is 9.62. The highest BCUT2D eigenvalue weighted by Gasteiger charge is 2.08. The van der Waals surface area contributed by atoms with E-state index in [-0.39, 0.29) is 6.61 Å². The summed E-state index contributed by atoms with van der Waals surface area (Å²) >= 11 is 3.54. The molecule has 0 saturated heterocycles. The van der Waals surface area contributed by atoms with Gasteiger partial charge < -0.3 is 10.0 Å². The molecule has 2 nitrogen and oxygen atoms in total. The Morgan fingerprint density at radius 2 is 2.25 bits per heavy atom. The predicted molar refractivity (Wildman–Crippen MR) is 72.8 cm³/mol. The molecule has 0 amide bonds. The van der Waals surface area contributed by atoms with Crippen LogP contribution in [0.4, 0.5) is 5.69 Å². The fourth-order valence-corrected chi connectivity index (χ4v) is 2.32. The van der Waals surface area contributed by atoms with Gasteiger partial charge in [-0.2, -0.15) is 0 Å². The maximum Gasteiger partial charge on any atom is 0.0682 e. The topological polar surface area (TPSA) is 23.5 Å². The lowest BCUT2D eigenvalue weighted by molar-refractivity contribution is 0.282. The van der Waals surface area contributed by atoms with Crippen LogP contribution in [0.25, 0.3) is 0 Å². The van der Waals surface area contributed by atoms with Crippen molar-refractivity contribution in [3.05, 3.63) is 40.9 Å². The molecular formula is C13H18BrNO. The lowest BCUT2D eigenvalue weighted by atomic mass is 10.2. The molecule has 88 valence electrons. The molecule has 0 atom stereocenters. The molecule has 0 saturated carbocycles. The Labute approximate surface area is 106 Å². The van der Waals surface area contributed by atoms with Gasteiger partial charge in [0.2, 0.25) is 0 Å². The normalized spacial score (nSPS) is 10.2. The number of rotatable bonds is 6. The summed E-state index contributed by atoms with van der Waals surface area (Å²) < 4.78 is 1.02. The minimum absolute atomic E-state index is 0.0775. The van der Waals surface area contributed by atoms with Gasteiger partial charge >= 0.3 is 0 Å². The number of hydrogen-bond acceptors (Lipinski definition) is 2. The third-order valence-electron chi connectivity index (χ3n) is 2.38. The number of aliphatic hydroxyl groups excluding tert-OH is 1. The summed E-state index contributed by atoms with van der Waals surface area (Å²) in [5.74, 6) is 0. The van der Waals surface area contributed by atoms with Crippen LogP contribution in [0.1, 0.15) is 18.9 Å². The highest BCUT2D eigenvalue weighted by Crippen LogP contribution is 2.27. The average Bonchev–Trinajstić information content (AvgIpc) is 2.29. The first kappa shape index (κ1) is 13.3. The second-order valence-corrected chi connectivity index (χ2v) is 4.53. The van der Waals surface area contributed by atoms with Crippen molar-refractivity contribution in [1.29, 1.82) is 0 Å². The van der Waals surface area contributed by atoms with Crippen LogP contribution in [0.15, 0.2) is 35.3 Å². The highest BCUT2D eigenvalue weighted by molar-refractivity contribution is 9.10. The Bertz CT molecular complexity index is 352. The summed E-state index contributed by atoms with van der Waals surface area (Å²) in [6.45, 7) is 7.85. The van der Waals surface area contributed by atoms with E-state index in [2.05, 4.69) is 34.3 Å². The molecule has 1 rings (SSSR count). The van der Waals surface area contributed by atoms with Gasteiger partial charge in [0.05, 0.1) is 12.3 Å². The van der Waals surface area contributed by atoms with E-state index in [0.29, 0.717) is 0 Å². The number of hydrogen-bond donors (Lipinski definition) is 1. The molecule has 0 fully saturated rings. The summed E-state index contributed by atoms with van der Waals surface area (Å²) in [5.41, 5.74) is 2.07. The van der Waals surface area contributed by atoms with Crippen molar-refractivity contribution in [3.63, 3.8) is 0 Å². The molecule has 3 heteroatoms. The first-order chi connectivity index (χ1) is 7.72. The van der Waals surface area contributed by atoms with E-state index in [9.17, 15) is 0 Å². The molecule has 0 aliphatic carbocycles. The molecule has 0 radical (unpaired) electrons. The quantitative estimate of drug-likeness (QED) is 0.810. The molecule has 0 heterocycles. The highest BCUT2D eigenvalue weighted by atomic mass is 79.9. The Balaban J connectivity index is 2.94. The maximum atomic E-state index is 9.05. The van der Waals surface area contributed by atoms with Crippen molar-refractivity contribution in [2.24, 2.45) is 0 Å². The minimum Gasteiger partial charge on any atom is -0.392 e. The van der Waals surface area contributed by atoms with Gasteiger partial charge in [-0.1, -0.05) is 19.1 Å². The molecule has 1 aromatic rings. The molecule has 0 spiro atoms. The number of aliphatic hydroxyl groups is 1. The largest absolute Gasteiger partial charge is 0.392 e. The minimum atomic E-state index is 0.0775. The smallest absolute Gasteiger partial charge is 0.0682 e. The van der Waals surface area contributed by atoms with Crippen molar-refractivity contribution in [3.8, 4) is 0 Å². The van der Waals surface area contributed by atoms with Gasteiger partial charge in [0.1, 0.15) is 0 Å². The summed E-state index contributed by atoms with van der Waals surface area (Å²) in [7, 11) is 0. The second-order valence-electron chi connectivity index (χ2n) is 3.68. The van der Waals surface area contributed by atoms with Crippen molar-refractivity contribution in [2.75, 3.05) is 18.0 Å². The van der Waals surface area contributed by atoms with E-state index in [0.717, 1.165) is 35.2 Å². The second kappa shape index (κ2) is 6.71. The van der Waals surface area contributed by atoms with Crippen LogP contribution in [0.2, 0.25) is 0 Å². The molecule has 16 heavy (non-hydrogen) atoms. The summed E-state index contributed by atoms with van der Waals surface area (Å²) in [5, 5.41) is 9.05. The van der Waals surface area contributed by atoms with Crippen LogP contribution in [-0.4, -0.2) is 18.2 Å². The monoisotopic (exact) mass is 283 g/mol. The molecule has 0 aliphatic heterocycles. The van der Waals surface area contributed by atoms with Gasteiger partial charge in [0.15, 0.2) is 0 Å². The van der Waals surface area contributed by atoms with Gasteiger partial charge in [-0.15, -0.1) is 6.58 Å². The maximum absolute atomic E-state index is 9.05. The average molecular weight is 284 g/mol. The lowest BCUT2D eigenvalue weighted by Gasteiger charge is -2.24. The molecule has 0 aliphatic rings. The first-order valence-corrected chi connectivity index (χ1v) is 6.27. The summed E-state index contributed by atoms with van der Waals surface area (Å²) in [6, 6.07) is 5.95. The van der Waals surface area contributed by atoms with E-state index in [1.165, 1.54) is 0 Å². The predicted octanol–water partition coefficient (Wildman–Crippen LogP) is 3.34. The fraction of sp³-hybridized carbons (Fsp3) is 0.385. The molecule has 1 N–H and O–H groups in total. The molecule has 1 aromatic carbocycles. The Morgan fingerprint density at radius 1 is 1.50 bits per heavy atom. The van der Waals surface area contributed by atoms with Crippen LogP contribution in [0.5, 0.6) is 0 Å². The van der Waals surface area contributed by atoms with Gasteiger partial charge in [-0.25, -0.2) is 0 Å². The molecule has 0 unspecified atom stereocenters. The van der Waals surface area contributed by atoms with Crippen LogP contribution in [0, 0.1) is 0 Å². The number of nitrogens with zero attached hydrogens (tertiary/aromatic N) is 1. The van der Waals surface area contributed by atoms with Gasteiger partial charge in [0.25, 0.3) is 0 Å². The van der Waals surface area contributed by atoms with Crippen LogP contribution >= 0.6 is 15.9 Å². The van der Waals surface area contributed by atoms with Gasteiger partial charge in [-0.05, 0) is 40.0 Å². The van der Waals surface area contributed by atoms with Crippen LogP contribution in [0.3, 0.4) is 0 Å². The van der Waals surface area contributed by atoms with Gasteiger partial charge in [0, 0.05) is 17.6 Å². The fourth-order valence-electron chi connectivity index (χ4n) is 1.64. The Kier molecular flexibility index (Phi) is 5.56. The van der Waals surface area contributed by atoms with Crippen molar-refractivity contribution >= 4 is 21.6 Å². The summed E-state index contributed by atoms with van der Waals surface area (Å²) in [6.07, 6.45) is 3.00. The van der Waals surface area contributed by atoms with Crippen LogP contribution < -0.4 is 4.90 Å². The van der Waals surface area contributed by atoms with E-state index in [1.807, 2.05) is 24.3 Å². The number of halogens is 1. The van der Waals surface area contributed by atoms with E-state index < -0.39 is 0 Å². The number of anilines is 1. The zero-order valence-corrected chi connectivity index (χ0v) is 11.2. The standard InChI is InChI=1S/C13H18BrNO/c1-3-7-15(8-4-2)13-6-5-11(10-16)9-12(13)14/h3,5-6,9,16H,1,4,7-8,10H2,2H3. The molecule has 0 bridgehead atoms. The van der Waals surface area contributed by atoms with Crippen LogP contribution in [-0.2, 0) is 6.61 Å². The Morgan fingerprint density at radius 3 is 2.75 bits per heavy atom. The number of benzene rings is 1. The Hall–Kier alpha value is -0.800. The third-order valence-corrected chi connectivity index (χ3v) is 3.01. The van der Waals surface area contributed by atoms with E-state index in [4.69, 9.17) is 5.11 Å². The van der Waals surface area contributed by atoms with Gasteiger partial charge in [-0.3, -0.25) is 0 Å². The summed E-state index contributed by atoms with van der Waals surface area (Å²) in [4.78, 5) is 2.26. The van der Waals surface area contributed by atoms with Crippen molar-refractivity contribution in [1.82, 2.24) is 0 Å². The van der Waals surface area contributed by atoms with Crippen molar-refractivity contribution < 1.29 is 5.11 Å². The lowest BCUT2D eigenvalue weighted by Crippen LogP contribution is -2.24.